The summed E-state index contributed by atoms with van der Waals surface area (Å²) in [6.07, 6.45) is 10.1. The molecule has 6 nitrogen and oxygen atoms in total. The van der Waals surface area contributed by atoms with Crippen LogP contribution in [0.3, 0.4) is 0 Å². The van der Waals surface area contributed by atoms with Crippen molar-refractivity contribution in [2.75, 3.05) is 12.4 Å². The van der Waals surface area contributed by atoms with Gasteiger partial charge in [-0.05, 0) is 48.1 Å². The highest BCUT2D eigenvalue weighted by Crippen LogP contribution is 2.27. The second-order valence-corrected chi connectivity index (χ2v) is 8.29. The quantitative estimate of drug-likeness (QED) is 0.351. The average molecular weight is 450 g/mol. The maximum Gasteiger partial charge on any atom is 0.191 e. The Kier molecular flexibility index (Phi) is 7.01. The van der Waals surface area contributed by atoms with Crippen LogP contribution in [0.15, 0.2) is 82.9 Å². The third kappa shape index (κ3) is 5.74. The Labute approximate surface area is 191 Å². The lowest BCUT2D eigenvalue weighted by atomic mass is 10.1. The smallest absolute Gasteiger partial charge is 0.191 e. The predicted molar refractivity (Wildman–Crippen MR) is 134 cm³/mol. The number of thiocarbonyl (C=S) groups is 1. The van der Waals surface area contributed by atoms with Crippen LogP contribution >= 0.6 is 24.0 Å². The van der Waals surface area contributed by atoms with Crippen LogP contribution in [-0.4, -0.2) is 35.7 Å². The van der Waals surface area contributed by atoms with Gasteiger partial charge >= 0.3 is 0 Å². The first-order valence-corrected chi connectivity index (χ1v) is 11.2. The topological polar surface area (TPSA) is 70.0 Å². The maximum atomic E-state index is 5.53. The number of ether oxygens (including phenoxy) is 1. The van der Waals surface area contributed by atoms with Crippen molar-refractivity contribution in [3.8, 4) is 5.75 Å². The number of fused-ring (bicyclic) bond motifs is 1. The number of hydrazone groups is 1. The molecule has 0 saturated carbocycles. The van der Waals surface area contributed by atoms with E-state index in [2.05, 4.69) is 45.5 Å². The van der Waals surface area contributed by atoms with Crippen molar-refractivity contribution in [2.45, 2.75) is 17.8 Å². The number of aliphatic imine (C=N–C) groups is 1. The van der Waals surface area contributed by atoms with Gasteiger partial charge in [0.15, 0.2) is 10.3 Å². The fourth-order valence-corrected chi connectivity index (χ4v) is 4.33. The molecule has 3 N–H and O–H groups in total. The van der Waals surface area contributed by atoms with Crippen LogP contribution in [0.5, 0.6) is 5.75 Å². The van der Waals surface area contributed by atoms with E-state index in [-0.39, 0.29) is 12.1 Å². The summed E-state index contributed by atoms with van der Waals surface area (Å²) in [4.78, 5) is 4.74. The molecular weight excluding hydrogens is 426 g/mol. The molecule has 0 radical (unpaired) electrons. The van der Waals surface area contributed by atoms with Crippen molar-refractivity contribution < 1.29 is 4.74 Å². The van der Waals surface area contributed by atoms with Gasteiger partial charge in [0.2, 0.25) is 0 Å². The molecule has 2 aromatic rings. The molecule has 1 aliphatic heterocycles. The molecule has 158 valence electrons. The number of allylic oxidation sites excluding steroid dienone is 2. The van der Waals surface area contributed by atoms with Crippen LogP contribution in [0.2, 0.25) is 0 Å². The molecule has 0 unspecified atom stereocenters. The number of nitrogens with one attached hydrogen (secondary N) is 3. The maximum absolute atomic E-state index is 5.53. The molecule has 4 rings (SSSR count). The summed E-state index contributed by atoms with van der Waals surface area (Å²) in [5.74, 6) is 1.58. The van der Waals surface area contributed by atoms with E-state index in [0.29, 0.717) is 5.11 Å². The fraction of sp³-hybridized carbons (Fsp3) is 0.174. The molecule has 2 aromatic carbocycles. The minimum Gasteiger partial charge on any atom is -0.496 e. The number of hydrogen-bond acceptors (Lipinski definition) is 6. The predicted octanol–water partition coefficient (Wildman–Crippen LogP) is 4.07. The van der Waals surface area contributed by atoms with E-state index in [1.165, 1.54) is 0 Å². The number of rotatable bonds is 6. The Balaban J connectivity index is 1.34. The molecule has 1 heterocycles. The number of nitrogens with zero attached hydrogens (tertiary/aromatic N) is 2. The highest BCUT2D eigenvalue weighted by molar-refractivity contribution is 8.13. The molecule has 2 aliphatic rings. The van der Waals surface area contributed by atoms with Crippen LogP contribution in [0, 0.1) is 0 Å². The van der Waals surface area contributed by atoms with E-state index in [1.54, 1.807) is 25.1 Å². The monoisotopic (exact) mass is 449 g/mol. The molecule has 0 fully saturated rings. The molecule has 1 aliphatic carbocycles. The zero-order valence-corrected chi connectivity index (χ0v) is 18.6. The molecule has 2 atom stereocenters. The number of hydrogen-bond donors (Lipinski definition) is 3. The molecule has 8 heteroatoms. The highest BCUT2D eigenvalue weighted by atomic mass is 32.2. The van der Waals surface area contributed by atoms with Crippen LogP contribution < -0.4 is 20.8 Å². The molecule has 0 bridgehead atoms. The molecule has 31 heavy (non-hydrogen) atoms. The summed E-state index contributed by atoms with van der Waals surface area (Å²) >= 11 is 6.95. The largest absolute Gasteiger partial charge is 0.496 e. The van der Waals surface area contributed by atoms with Gasteiger partial charge in [-0.1, -0.05) is 54.3 Å². The summed E-state index contributed by atoms with van der Waals surface area (Å²) < 4.78 is 5.53. The van der Waals surface area contributed by atoms with Crippen LogP contribution in [0.4, 0.5) is 5.69 Å². The minimum absolute atomic E-state index is 0.187. The van der Waals surface area contributed by atoms with Gasteiger partial charge < -0.3 is 15.4 Å². The molecule has 0 spiro atoms. The van der Waals surface area contributed by atoms with Gasteiger partial charge in [0, 0.05) is 17.0 Å². The lowest BCUT2D eigenvalue weighted by Crippen LogP contribution is -2.31. The van der Waals surface area contributed by atoms with Gasteiger partial charge in [0.1, 0.15) is 5.75 Å². The summed E-state index contributed by atoms with van der Waals surface area (Å²) in [5, 5.41) is 12.2. The lowest BCUT2D eigenvalue weighted by Gasteiger charge is -2.13. The fourth-order valence-electron chi connectivity index (χ4n) is 3.23. The average Bonchev–Trinajstić information content (AvgIpc) is 3.21. The highest BCUT2D eigenvalue weighted by Gasteiger charge is 2.25. The van der Waals surface area contributed by atoms with Gasteiger partial charge in [0.25, 0.3) is 0 Å². The zero-order chi connectivity index (χ0) is 21.5. The molecule has 0 saturated heterocycles. The SMILES string of the molecule is COc1ccc(/C=N\NC(=S)Nc2ccccc2)cc1CSC1=N[C@H]2C=CC=C[C@@H]2N1. The Morgan fingerprint density at radius 3 is 2.87 bits per heavy atom. The normalized spacial score (nSPS) is 18.9. The second kappa shape index (κ2) is 10.3. The zero-order valence-electron chi connectivity index (χ0n) is 17.0. The van der Waals surface area contributed by atoms with E-state index in [1.807, 2.05) is 48.5 Å². The number of methoxy groups -OCH3 is 1. The standard InChI is InChI=1S/C23H23N5OS2/c1-29-21-12-11-16(14-24-28-22(30)25-18-7-3-2-4-8-18)13-17(21)15-31-23-26-19-9-5-6-10-20(19)27-23/h2-14,19-20H,15H2,1H3,(H,26,27)(H2,25,28,30)/b24-14-/t19-,20-/m0/s1. The van der Waals surface area contributed by atoms with Gasteiger partial charge in [-0.2, -0.15) is 5.10 Å². The summed E-state index contributed by atoms with van der Waals surface area (Å²) in [7, 11) is 1.68. The number of para-hydroxylation sites is 1. The first-order valence-electron chi connectivity index (χ1n) is 9.85. The third-order valence-corrected chi connectivity index (χ3v) is 5.89. The van der Waals surface area contributed by atoms with E-state index in [4.69, 9.17) is 21.9 Å². The molecule has 0 aromatic heterocycles. The first-order chi connectivity index (χ1) is 15.2. The van der Waals surface area contributed by atoms with E-state index in [9.17, 15) is 0 Å². The van der Waals surface area contributed by atoms with Gasteiger partial charge in [-0.25, -0.2) is 0 Å². The third-order valence-electron chi connectivity index (χ3n) is 4.74. The van der Waals surface area contributed by atoms with Crippen molar-refractivity contribution in [1.29, 1.82) is 0 Å². The Morgan fingerprint density at radius 1 is 1.23 bits per heavy atom. The van der Waals surface area contributed by atoms with E-state index >= 15 is 0 Å². The van der Waals surface area contributed by atoms with E-state index in [0.717, 1.165) is 33.5 Å². The second-order valence-electron chi connectivity index (χ2n) is 6.91. The van der Waals surface area contributed by atoms with Gasteiger partial charge in [-0.3, -0.25) is 10.4 Å². The number of benzene rings is 2. The van der Waals surface area contributed by atoms with Gasteiger partial charge in [0.05, 0.1) is 25.4 Å². The Bertz CT molecular complexity index is 1050. The van der Waals surface area contributed by atoms with Crippen molar-refractivity contribution in [3.05, 3.63) is 84.0 Å². The Hall–Kier alpha value is -3.10. The van der Waals surface area contributed by atoms with Crippen molar-refractivity contribution in [3.63, 3.8) is 0 Å². The van der Waals surface area contributed by atoms with E-state index < -0.39 is 0 Å². The Morgan fingerprint density at radius 2 is 2.06 bits per heavy atom. The van der Waals surface area contributed by atoms with Gasteiger partial charge in [-0.15, -0.1) is 0 Å². The summed E-state index contributed by atoms with van der Waals surface area (Å²) in [6, 6.07) is 16.1. The van der Waals surface area contributed by atoms with Crippen molar-refractivity contribution >= 4 is 46.2 Å². The molecule has 0 amide bonds. The van der Waals surface area contributed by atoms with Crippen LogP contribution in [-0.2, 0) is 5.75 Å². The number of anilines is 1. The number of thioether (sulfide) groups is 1. The van der Waals surface area contributed by atoms with Crippen LogP contribution in [0.25, 0.3) is 0 Å². The summed E-state index contributed by atoms with van der Waals surface area (Å²) in [6.45, 7) is 0. The summed E-state index contributed by atoms with van der Waals surface area (Å²) in [5.41, 5.74) is 5.78. The molecular formula is C23H23N5OS2. The van der Waals surface area contributed by atoms with Crippen LogP contribution in [0.1, 0.15) is 11.1 Å². The van der Waals surface area contributed by atoms with Crippen molar-refractivity contribution in [1.82, 2.24) is 10.7 Å². The first kappa shape index (κ1) is 21.1. The lowest BCUT2D eigenvalue weighted by molar-refractivity contribution is 0.411. The number of amidine groups is 1. The van der Waals surface area contributed by atoms with Crippen molar-refractivity contribution in [2.24, 2.45) is 10.1 Å². The minimum atomic E-state index is 0.187.